The van der Waals surface area contributed by atoms with Crippen LogP contribution in [-0.4, -0.2) is 54.4 Å². The summed E-state index contributed by atoms with van der Waals surface area (Å²) < 4.78 is 0. The molecule has 2 amide bonds. The number of nitrogens with zero attached hydrogens (tertiary/aromatic N) is 1. The number of aliphatic hydroxyl groups excluding tert-OH is 1. The van der Waals surface area contributed by atoms with Crippen LogP contribution < -0.4 is 10.6 Å². The second-order valence-electron chi connectivity index (χ2n) is 7.12. The second kappa shape index (κ2) is 7.99. The first kappa shape index (κ1) is 16.6. The van der Waals surface area contributed by atoms with E-state index in [1.807, 2.05) is 0 Å². The molecule has 2 fully saturated rings. The fraction of sp³-hybridized carbons (Fsp3) is 0.938. The largest absolute Gasteiger partial charge is 0.391 e. The van der Waals surface area contributed by atoms with Crippen LogP contribution in [0.4, 0.5) is 4.79 Å². The smallest absolute Gasteiger partial charge is 0.315 e. The van der Waals surface area contributed by atoms with E-state index in [-0.39, 0.29) is 18.2 Å². The highest BCUT2D eigenvalue weighted by Crippen LogP contribution is 2.18. The molecule has 0 aromatic heterocycles. The van der Waals surface area contributed by atoms with Crippen molar-refractivity contribution in [3.05, 3.63) is 0 Å². The molecule has 3 N–H and O–H groups in total. The van der Waals surface area contributed by atoms with E-state index in [0.29, 0.717) is 11.8 Å². The highest BCUT2D eigenvalue weighted by atomic mass is 16.3. The Morgan fingerprint density at radius 3 is 2.76 bits per heavy atom. The highest BCUT2D eigenvalue weighted by molar-refractivity contribution is 5.74. The molecule has 1 saturated heterocycles. The third kappa shape index (κ3) is 5.47. The summed E-state index contributed by atoms with van der Waals surface area (Å²) in [6, 6.07) is -0.192. The lowest BCUT2D eigenvalue weighted by Gasteiger charge is -2.28. The summed E-state index contributed by atoms with van der Waals surface area (Å²) in [6.45, 7) is 8.61. The molecule has 3 atom stereocenters. The molecule has 1 heterocycles. The average molecular weight is 297 g/mol. The SMILES string of the molecule is CC(C)CN1CCC(CNC(=O)NC2CCCCC2O)C1. The molecule has 1 aliphatic heterocycles. The standard InChI is InChI=1S/C16H31N3O2/c1-12(2)10-19-8-7-13(11-19)9-17-16(21)18-14-5-3-4-6-15(14)20/h12-15,20H,3-11H2,1-2H3,(H2,17,18,21). The molecule has 2 rings (SSSR count). The van der Waals surface area contributed by atoms with E-state index < -0.39 is 0 Å². The van der Waals surface area contributed by atoms with Gasteiger partial charge in [-0.2, -0.15) is 0 Å². The van der Waals surface area contributed by atoms with Crippen LogP contribution in [0.2, 0.25) is 0 Å². The first-order valence-electron chi connectivity index (χ1n) is 8.49. The van der Waals surface area contributed by atoms with Crippen molar-refractivity contribution in [2.75, 3.05) is 26.2 Å². The number of rotatable bonds is 5. The molecule has 5 heteroatoms. The number of hydrogen-bond donors (Lipinski definition) is 3. The van der Waals surface area contributed by atoms with Crippen molar-refractivity contribution in [2.45, 2.75) is 58.1 Å². The molecule has 21 heavy (non-hydrogen) atoms. The average Bonchev–Trinajstić information content (AvgIpc) is 2.86. The maximum Gasteiger partial charge on any atom is 0.315 e. The molecule has 1 saturated carbocycles. The molecule has 0 bridgehead atoms. The van der Waals surface area contributed by atoms with Crippen LogP contribution in [0.3, 0.4) is 0 Å². The van der Waals surface area contributed by atoms with E-state index in [1.54, 1.807) is 0 Å². The van der Waals surface area contributed by atoms with E-state index in [2.05, 4.69) is 29.4 Å². The number of urea groups is 1. The van der Waals surface area contributed by atoms with Crippen molar-refractivity contribution in [1.82, 2.24) is 15.5 Å². The molecule has 5 nitrogen and oxygen atoms in total. The molecule has 0 aromatic rings. The number of carbonyl (C=O) groups excluding carboxylic acids is 1. The maximum absolute atomic E-state index is 11.9. The molecule has 2 aliphatic rings. The summed E-state index contributed by atoms with van der Waals surface area (Å²) >= 11 is 0. The Morgan fingerprint density at radius 1 is 1.29 bits per heavy atom. The van der Waals surface area contributed by atoms with Crippen LogP contribution in [0, 0.1) is 11.8 Å². The van der Waals surface area contributed by atoms with Crippen LogP contribution in [0.25, 0.3) is 0 Å². The van der Waals surface area contributed by atoms with Crippen LogP contribution in [0.15, 0.2) is 0 Å². The first-order chi connectivity index (χ1) is 10.0. The van der Waals surface area contributed by atoms with Crippen molar-refractivity contribution in [1.29, 1.82) is 0 Å². The Labute approximate surface area is 128 Å². The van der Waals surface area contributed by atoms with Gasteiger partial charge in [-0.1, -0.05) is 26.7 Å². The third-order valence-electron chi connectivity index (χ3n) is 4.59. The van der Waals surface area contributed by atoms with Gasteiger partial charge in [0.25, 0.3) is 0 Å². The molecular weight excluding hydrogens is 266 g/mol. The molecule has 0 aromatic carbocycles. The van der Waals surface area contributed by atoms with Crippen LogP contribution >= 0.6 is 0 Å². The summed E-state index contributed by atoms with van der Waals surface area (Å²) in [5.41, 5.74) is 0. The van der Waals surface area contributed by atoms with Gasteiger partial charge in [0.2, 0.25) is 0 Å². The summed E-state index contributed by atoms with van der Waals surface area (Å²) in [6.07, 6.45) is 4.64. The fourth-order valence-corrected chi connectivity index (χ4v) is 3.50. The predicted octanol–water partition coefficient (Wildman–Crippen LogP) is 1.57. The lowest BCUT2D eigenvalue weighted by atomic mass is 9.93. The highest BCUT2D eigenvalue weighted by Gasteiger charge is 2.26. The number of likely N-dealkylation sites (tertiary alicyclic amines) is 1. The zero-order valence-corrected chi connectivity index (χ0v) is 13.5. The van der Waals surface area contributed by atoms with E-state index in [4.69, 9.17) is 0 Å². The normalized spacial score (nSPS) is 30.6. The quantitative estimate of drug-likeness (QED) is 0.722. The third-order valence-corrected chi connectivity index (χ3v) is 4.59. The van der Waals surface area contributed by atoms with Crippen molar-refractivity contribution >= 4 is 6.03 Å². The van der Waals surface area contributed by atoms with Crippen LogP contribution in [0.5, 0.6) is 0 Å². The van der Waals surface area contributed by atoms with E-state index in [0.717, 1.165) is 51.9 Å². The Morgan fingerprint density at radius 2 is 2.05 bits per heavy atom. The summed E-state index contributed by atoms with van der Waals surface area (Å²) in [4.78, 5) is 14.4. The van der Waals surface area contributed by atoms with E-state index in [9.17, 15) is 9.90 Å². The van der Waals surface area contributed by atoms with Crippen molar-refractivity contribution in [3.8, 4) is 0 Å². The van der Waals surface area contributed by atoms with Gasteiger partial charge in [-0.25, -0.2) is 4.79 Å². The number of carbonyl (C=O) groups is 1. The van der Waals surface area contributed by atoms with Gasteiger partial charge in [0, 0.05) is 19.6 Å². The van der Waals surface area contributed by atoms with E-state index >= 15 is 0 Å². The summed E-state index contributed by atoms with van der Waals surface area (Å²) in [5, 5.41) is 15.8. The maximum atomic E-state index is 11.9. The van der Waals surface area contributed by atoms with Gasteiger partial charge < -0.3 is 20.6 Å². The molecule has 0 spiro atoms. The molecular formula is C16H31N3O2. The summed E-state index contributed by atoms with van der Waals surface area (Å²) in [5.74, 6) is 1.26. The zero-order chi connectivity index (χ0) is 15.2. The van der Waals surface area contributed by atoms with Crippen molar-refractivity contribution in [2.24, 2.45) is 11.8 Å². The van der Waals surface area contributed by atoms with Gasteiger partial charge in [-0.05, 0) is 37.6 Å². The number of nitrogens with one attached hydrogen (secondary N) is 2. The summed E-state index contributed by atoms with van der Waals surface area (Å²) in [7, 11) is 0. The van der Waals surface area contributed by atoms with Crippen molar-refractivity contribution in [3.63, 3.8) is 0 Å². The molecule has 3 unspecified atom stereocenters. The van der Waals surface area contributed by atoms with Gasteiger partial charge in [0.05, 0.1) is 12.1 Å². The Bertz CT molecular complexity index is 335. The van der Waals surface area contributed by atoms with E-state index in [1.165, 1.54) is 6.42 Å². The minimum Gasteiger partial charge on any atom is -0.391 e. The van der Waals surface area contributed by atoms with Gasteiger partial charge in [0.1, 0.15) is 0 Å². The Kier molecular flexibility index (Phi) is 6.30. The van der Waals surface area contributed by atoms with Gasteiger partial charge in [-0.15, -0.1) is 0 Å². The van der Waals surface area contributed by atoms with Crippen LogP contribution in [0.1, 0.15) is 46.0 Å². The Balaban J connectivity index is 1.63. The molecule has 0 radical (unpaired) electrons. The number of aliphatic hydroxyl groups is 1. The van der Waals surface area contributed by atoms with Crippen LogP contribution in [-0.2, 0) is 0 Å². The van der Waals surface area contributed by atoms with Gasteiger partial charge in [0.15, 0.2) is 0 Å². The predicted molar refractivity (Wildman–Crippen MR) is 84.2 cm³/mol. The minimum absolute atomic E-state index is 0.0697. The van der Waals surface area contributed by atoms with Crippen molar-refractivity contribution < 1.29 is 9.90 Å². The monoisotopic (exact) mass is 297 g/mol. The lowest BCUT2D eigenvalue weighted by molar-refractivity contribution is 0.0942. The lowest BCUT2D eigenvalue weighted by Crippen LogP contribution is -2.49. The number of hydrogen-bond acceptors (Lipinski definition) is 3. The second-order valence-corrected chi connectivity index (χ2v) is 7.12. The molecule has 122 valence electrons. The topological polar surface area (TPSA) is 64.6 Å². The fourth-order valence-electron chi connectivity index (χ4n) is 3.50. The first-order valence-corrected chi connectivity index (χ1v) is 8.49. The molecule has 1 aliphatic carbocycles. The minimum atomic E-state index is -0.377. The Hall–Kier alpha value is -0.810. The zero-order valence-electron chi connectivity index (χ0n) is 13.5. The van der Waals surface area contributed by atoms with Gasteiger partial charge >= 0.3 is 6.03 Å². The number of amides is 2. The van der Waals surface area contributed by atoms with Gasteiger partial charge in [-0.3, -0.25) is 0 Å².